The van der Waals surface area contributed by atoms with Crippen LogP contribution in [-0.2, 0) is 4.79 Å². The van der Waals surface area contributed by atoms with Crippen molar-refractivity contribution in [2.24, 2.45) is 0 Å². The number of aromatic nitrogens is 2. The molecule has 174 valence electrons. The number of halogens is 2. The Kier molecular flexibility index (Phi) is 7.05. The highest BCUT2D eigenvalue weighted by molar-refractivity contribution is 6.42. The van der Waals surface area contributed by atoms with E-state index in [2.05, 4.69) is 10.4 Å². The molecule has 1 N–H and O–H groups in total. The van der Waals surface area contributed by atoms with E-state index >= 15 is 0 Å². The summed E-state index contributed by atoms with van der Waals surface area (Å²) in [4.78, 5) is 27.3. The van der Waals surface area contributed by atoms with E-state index in [1.165, 1.54) is 11.2 Å². The van der Waals surface area contributed by atoms with Gasteiger partial charge in [-0.15, -0.1) is 0 Å². The largest absolute Gasteiger partial charge is 0.459 e. The molecular weight excluding hydrogens is 475 g/mol. The fourth-order valence-electron chi connectivity index (χ4n) is 3.40. The monoisotopic (exact) mass is 496 g/mol. The minimum absolute atomic E-state index is 0.162. The number of nitrogens with one attached hydrogen (secondary N) is 1. The molecule has 7 nitrogen and oxygen atoms in total. The first-order valence-electron chi connectivity index (χ1n) is 10.6. The molecule has 9 heteroatoms. The van der Waals surface area contributed by atoms with Crippen LogP contribution in [-0.4, -0.2) is 39.1 Å². The van der Waals surface area contributed by atoms with Crippen LogP contribution < -0.4 is 5.32 Å². The van der Waals surface area contributed by atoms with Crippen LogP contribution in [0.25, 0.3) is 16.9 Å². The molecule has 0 fully saturated rings. The second kappa shape index (κ2) is 10.2. The molecule has 2 amide bonds. The van der Waals surface area contributed by atoms with Crippen molar-refractivity contribution in [1.29, 1.82) is 0 Å². The predicted molar refractivity (Wildman–Crippen MR) is 133 cm³/mol. The Hall–Kier alpha value is -3.55. The molecule has 0 spiro atoms. The lowest BCUT2D eigenvalue weighted by molar-refractivity contribution is -0.117. The number of amides is 2. The second-order valence-electron chi connectivity index (χ2n) is 7.84. The number of hydrogen-bond donors (Lipinski definition) is 1. The van der Waals surface area contributed by atoms with Gasteiger partial charge in [0.25, 0.3) is 5.91 Å². The maximum atomic E-state index is 13.0. The quantitative estimate of drug-likeness (QED) is 0.343. The van der Waals surface area contributed by atoms with Crippen molar-refractivity contribution in [3.05, 3.63) is 88.8 Å². The minimum Gasteiger partial charge on any atom is -0.459 e. The summed E-state index contributed by atoms with van der Waals surface area (Å²) in [5.41, 5.74) is 2.17. The molecule has 2 aromatic heterocycles. The van der Waals surface area contributed by atoms with E-state index in [0.29, 0.717) is 27.2 Å². The van der Waals surface area contributed by atoms with Gasteiger partial charge in [0.1, 0.15) is 12.4 Å². The van der Waals surface area contributed by atoms with Gasteiger partial charge < -0.3 is 14.6 Å². The van der Waals surface area contributed by atoms with E-state index < -0.39 is 0 Å². The molecule has 0 unspecified atom stereocenters. The SMILES string of the molecule is CC(C)N(CC(=O)Nc1cc(-c2ccccc2)nn1-c1ccc(Cl)c(Cl)c1)C(=O)c1ccco1. The summed E-state index contributed by atoms with van der Waals surface area (Å²) in [6, 6.07) is 19.4. The third-order valence-corrected chi connectivity index (χ3v) is 5.86. The van der Waals surface area contributed by atoms with Crippen molar-refractivity contribution in [2.75, 3.05) is 11.9 Å². The zero-order chi connectivity index (χ0) is 24.2. The Labute approximate surface area is 206 Å². The van der Waals surface area contributed by atoms with Crippen molar-refractivity contribution < 1.29 is 14.0 Å². The first-order valence-corrected chi connectivity index (χ1v) is 11.3. The molecule has 0 aliphatic carbocycles. The van der Waals surface area contributed by atoms with Gasteiger partial charge >= 0.3 is 0 Å². The first-order chi connectivity index (χ1) is 16.3. The van der Waals surface area contributed by atoms with Gasteiger partial charge in [-0.2, -0.15) is 5.10 Å². The van der Waals surface area contributed by atoms with Crippen molar-refractivity contribution >= 4 is 40.8 Å². The summed E-state index contributed by atoms with van der Waals surface area (Å²) in [6.07, 6.45) is 1.42. The molecule has 0 aliphatic heterocycles. The van der Waals surface area contributed by atoms with Crippen LogP contribution in [0.2, 0.25) is 10.0 Å². The average Bonchev–Trinajstić information content (AvgIpc) is 3.50. The van der Waals surface area contributed by atoms with Gasteiger partial charge in [0.15, 0.2) is 5.76 Å². The Bertz CT molecular complexity index is 1300. The molecule has 0 atom stereocenters. The molecule has 0 bridgehead atoms. The molecule has 2 heterocycles. The van der Waals surface area contributed by atoms with Crippen LogP contribution in [0.5, 0.6) is 0 Å². The number of anilines is 1. The molecule has 0 saturated heterocycles. The number of carbonyl (C=O) groups is 2. The van der Waals surface area contributed by atoms with Crippen molar-refractivity contribution in [3.63, 3.8) is 0 Å². The van der Waals surface area contributed by atoms with Crippen LogP contribution >= 0.6 is 23.2 Å². The van der Waals surface area contributed by atoms with Gasteiger partial charge in [-0.3, -0.25) is 9.59 Å². The van der Waals surface area contributed by atoms with E-state index in [1.54, 1.807) is 41.1 Å². The van der Waals surface area contributed by atoms with Gasteiger partial charge in [-0.25, -0.2) is 4.68 Å². The number of nitrogens with zero attached hydrogens (tertiary/aromatic N) is 3. The first kappa shape index (κ1) is 23.6. The van der Waals surface area contributed by atoms with Crippen LogP contribution in [0, 0.1) is 0 Å². The third-order valence-electron chi connectivity index (χ3n) is 5.12. The summed E-state index contributed by atoms with van der Waals surface area (Å²) in [6.45, 7) is 3.51. The summed E-state index contributed by atoms with van der Waals surface area (Å²) in [5, 5.41) is 8.33. The molecule has 0 saturated carbocycles. The Balaban J connectivity index is 1.64. The van der Waals surface area contributed by atoms with Gasteiger partial charge in [-0.1, -0.05) is 53.5 Å². The van der Waals surface area contributed by atoms with Crippen molar-refractivity contribution in [1.82, 2.24) is 14.7 Å². The highest BCUT2D eigenvalue weighted by Gasteiger charge is 2.24. The highest BCUT2D eigenvalue weighted by atomic mass is 35.5. The molecule has 34 heavy (non-hydrogen) atoms. The zero-order valence-corrected chi connectivity index (χ0v) is 20.0. The number of rotatable bonds is 7. The standard InChI is InChI=1S/C25H22Cl2N4O3/c1-16(2)30(25(33)22-9-6-12-34-22)15-24(32)28-23-14-21(17-7-4-3-5-8-17)29-31(23)18-10-11-19(26)20(27)13-18/h3-14,16H,15H2,1-2H3,(H,28,32). The second-order valence-corrected chi connectivity index (χ2v) is 8.66. The molecule has 2 aromatic carbocycles. The molecule has 4 aromatic rings. The lowest BCUT2D eigenvalue weighted by Crippen LogP contribution is -2.42. The normalized spacial score (nSPS) is 11.0. The van der Waals surface area contributed by atoms with Gasteiger partial charge in [0.05, 0.1) is 27.7 Å². The average molecular weight is 497 g/mol. The number of furan rings is 1. The topological polar surface area (TPSA) is 80.4 Å². The number of carbonyl (C=O) groups excluding carboxylic acids is 2. The van der Waals surface area contributed by atoms with Crippen LogP contribution in [0.1, 0.15) is 24.4 Å². The maximum Gasteiger partial charge on any atom is 0.290 e. The van der Waals surface area contributed by atoms with Crippen LogP contribution in [0.15, 0.2) is 77.4 Å². The van der Waals surface area contributed by atoms with E-state index in [0.717, 1.165) is 5.56 Å². The van der Waals surface area contributed by atoms with E-state index in [9.17, 15) is 9.59 Å². The van der Waals surface area contributed by atoms with E-state index in [1.807, 2.05) is 44.2 Å². The van der Waals surface area contributed by atoms with Gasteiger partial charge in [0, 0.05) is 17.7 Å². The van der Waals surface area contributed by atoms with E-state index in [4.69, 9.17) is 27.6 Å². The molecular formula is C25H22Cl2N4O3. The smallest absolute Gasteiger partial charge is 0.290 e. The van der Waals surface area contributed by atoms with E-state index in [-0.39, 0.29) is 30.2 Å². The molecule has 0 radical (unpaired) electrons. The lowest BCUT2D eigenvalue weighted by atomic mass is 10.1. The molecule has 0 aliphatic rings. The Morgan fingerprint density at radius 2 is 1.79 bits per heavy atom. The molecule has 4 rings (SSSR count). The Morgan fingerprint density at radius 3 is 2.44 bits per heavy atom. The summed E-state index contributed by atoms with van der Waals surface area (Å²) in [5.74, 6) is -0.141. The fourth-order valence-corrected chi connectivity index (χ4v) is 3.69. The van der Waals surface area contributed by atoms with Crippen LogP contribution in [0.4, 0.5) is 5.82 Å². The lowest BCUT2D eigenvalue weighted by Gasteiger charge is -2.25. The zero-order valence-electron chi connectivity index (χ0n) is 18.5. The summed E-state index contributed by atoms with van der Waals surface area (Å²) < 4.78 is 6.80. The predicted octanol–water partition coefficient (Wildman–Crippen LogP) is 5.93. The van der Waals surface area contributed by atoms with Gasteiger partial charge in [0.2, 0.25) is 5.91 Å². The highest BCUT2D eigenvalue weighted by Crippen LogP contribution is 2.29. The number of hydrogen-bond acceptors (Lipinski definition) is 4. The van der Waals surface area contributed by atoms with Gasteiger partial charge in [-0.05, 0) is 44.2 Å². The minimum atomic E-state index is -0.380. The van der Waals surface area contributed by atoms with Crippen molar-refractivity contribution in [2.45, 2.75) is 19.9 Å². The Morgan fingerprint density at radius 1 is 1.03 bits per heavy atom. The summed E-state index contributed by atoms with van der Waals surface area (Å²) >= 11 is 12.3. The number of benzene rings is 2. The van der Waals surface area contributed by atoms with Crippen molar-refractivity contribution in [3.8, 4) is 16.9 Å². The fraction of sp³-hybridized carbons (Fsp3) is 0.160. The summed E-state index contributed by atoms with van der Waals surface area (Å²) in [7, 11) is 0. The maximum absolute atomic E-state index is 13.0. The third kappa shape index (κ3) is 5.16. The van der Waals surface area contributed by atoms with Crippen LogP contribution in [0.3, 0.4) is 0 Å².